The molecule has 0 aliphatic heterocycles. The maximum absolute atomic E-state index is 12.9. The number of hydrogen-bond acceptors (Lipinski definition) is 3. The molecule has 1 N–H and O–H groups in total. The molecular formula is C29H22ClNO2S. The Balaban J connectivity index is 1.19. The van der Waals surface area contributed by atoms with Gasteiger partial charge in [-0.05, 0) is 70.6 Å². The number of halogens is 1. The van der Waals surface area contributed by atoms with E-state index >= 15 is 0 Å². The number of carbonyl (C=O) groups is 2. The minimum Gasteiger partial charge on any atom is -0.326 e. The summed E-state index contributed by atoms with van der Waals surface area (Å²) in [5.41, 5.74) is 7.37. The molecule has 0 aromatic heterocycles. The first-order valence-corrected chi connectivity index (χ1v) is 12.4. The van der Waals surface area contributed by atoms with E-state index in [0.29, 0.717) is 16.5 Å². The third-order valence-electron chi connectivity index (χ3n) is 5.88. The molecule has 168 valence electrons. The number of nitrogens with one attached hydrogen (secondary N) is 1. The number of hydrogen-bond donors (Lipinski definition) is 1. The summed E-state index contributed by atoms with van der Waals surface area (Å²) in [5, 5.41) is 3.58. The van der Waals surface area contributed by atoms with Crippen LogP contribution in [0.3, 0.4) is 0 Å². The van der Waals surface area contributed by atoms with Gasteiger partial charge in [0.05, 0.1) is 12.2 Å². The van der Waals surface area contributed by atoms with Crippen molar-refractivity contribution in [1.29, 1.82) is 0 Å². The number of Topliss-reactive ketones (excluding diaryl/α,β-unsaturated/α-hetero) is 1. The summed E-state index contributed by atoms with van der Waals surface area (Å²) in [7, 11) is 0. The van der Waals surface area contributed by atoms with Crippen LogP contribution in [0.5, 0.6) is 0 Å². The Hall–Kier alpha value is -3.34. The van der Waals surface area contributed by atoms with Gasteiger partial charge in [0.25, 0.3) is 0 Å². The number of benzene rings is 4. The molecule has 0 saturated heterocycles. The topological polar surface area (TPSA) is 46.2 Å². The number of carbonyl (C=O) groups excluding carboxylic acids is 2. The molecule has 3 nitrogen and oxygen atoms in total. The van der Waals surface area contributed by atoms with E-state index in [0.717, 1.165) is 22.4 Å². The lowest BCUT2D eigenvalue weighted by Crippen LogP contribution is -2.14. The number of fused-ring (bicyclic) bond motifs is 3. The number of rotatable bonds is 7. The third-order valence-corrected chi connectivity index (χ3v) is 7.13. The summed E-state index contributed by atoms with van der Waals surface area (Å²) >= 11 is 7.38. The second kappa shape index (κ2) is 9.88. The molecule has 5 rings (SSSR count). The third kappa shape index (κ3) is 5.09. The molecule has 34 heavy (non-hydrogen) atoms. The lowest BCUT2D eigenvalue weighted by atomic mass is 10.0. The largest absolute Gasteiger partial charge is 0.326 e. The fourth-order valence-corrected chi connectivity index (χ4v) is 5.18. The Bertz CT molecular complexity index is 1380. The van der Waals surface area contributed by atoms with Gasteiger partial charge in [-0.1, -0.05) is 66.2 Å². The molecule has 4 aromatic rings. The number of thioether (sulfide) groups is 1. The predicted molar refractivity (Wildman–Crippen MR) is 140 cm³/mol. The second-order valence-corrected chi connectivity index (χ2v) is 9.78. The van der Waals surface area contributed by atoms with Crippen molar-refractivity contribution in [3.8, 4) is 11.1 Å². The van der Waals surface area contributed by atoms with Crippen LogP contribution < -0.4 is 5.32 Å². The van der Waals surface area contributed by atoms with Gasteiger partial charge in [0.15, 0.2) is 5.78 Å². The van der Waals surface area contributed by atoms with Crippen molar-refractivity contribution in [3.05, 3.63) is 118 Å². The lowest BCUT2D eigenvalue weighted by Gasteiger charge is -2.08. The fourth-order valence-electron chi connectivity index (χ4n) is 4.21. The van der Waals surface area contributed by atoms with E-state index in [4.69, 9.17) is 11.6 Å². The molecule has 5 heteroatoms. The normalized spacial score (nSPS) is 11.6. The van der Waals surface area contributed by atoms with Gasteiger partial charge in [0.2, 0.25) is 5.91 Å². The van der Waals surface area contributed by atoms with Crippen LogP contribution >= 0.6 is 23.4 Å². The molecule has 1 aliphatic carbocycles. The molecule has 0 saturated carbocycles. The molecule has 0 radical (unpaired) electrons. The zero-order valence-electron chi connectivity index (χ0n) is 18.4. The van der Waals surface area contributed by atoms with E-state index in [1.165, 1.54) is 34.0 Å². The van der Waals surface area contributed by atoms with Crippen molar-refractivity contribution in [2.24, 2.45) is 0 Å². The van der Waals surface area contributed by atoms with Crippen molar-refractivity contribution in [2.45, 2.75) is 17.7 Å². The van der Waals surface area contributed by atoms with Crippen LogP contribution in [0.1, 0.15) is 27.0 Å². The predicted octanol–water partition coefficient (Wildman–Crippen LogP) is 7.07. The summed E-state index contributed by atoms with van der Waals surface area (Å²) < 4.78 is 0. The molecule has 0 unspecified atom stereocenters. The summed E-state index contributed by atoms with van der Waals surface area (Å²) in [6.07, 6.45) is 1.15. The van der Waals surface area contributed by atoms with Gasteiger partial charge in [-0.3, -0.25) is 9.59 Å². The Morgan fingerprint density at radius 3 is 2.47 bits per heavy atom. The van der Waals surface area contributed by atoms with Crippen molar-refractivity contribution < 1.29 is 9.59 Å². The monoisotopic (exact) mass is 483 g/mol. The maximum atomic E-state index is 12.9. The lowest BCUT2D eigenvalue weighted by molar-refractivity contribution is -0.115. The smallest absolute Gasteiger partial charge is 0.228 e. The summed E-state index contributed by atoms with van der Waals surface area (Å²) in [5.74, 6) is 0.342. The summed E-state index contributed by atoms with van der Waals surface area (Å²) in [4.78, 5) is 26.2. The molecule has 0 heterocycles. The first-order valence-electron chi connectivity index (χ1n) is 11.1. The average Bonchev–Trinajstić information content (AvgIpc) is 3.22. The van der Waals surface area contributed by atoms with Crippen LogP contribution in [0.4, 0.5) is 5.69 Å². The van der Waals surface area contributed by atoms with Gasteiger partial charge in [0.1, 0.15) is 0 Å². The molecule has 1 amide bonds. The Morgan fingerprint density at radius 1 is 0.824 bits per heavy atom. The Labute approximate surface area is 208 Å². The Morgan fingerprint density at radius 2 is 1.62 bits per heavy atom. The van der Waals surface area contributed by atoms with Gasteiger partial charge < -0.3 is 5.32 Å². The van der Waals surface area contributed by atoms with Crippen LogP contribution in [0, 0.1) is 0 Å². The quantitative estimate of drug-likeness (QED) is 0.199. The van der Waals surface area contributed by atoms with Crippen molar-refractivity contribution >= 4 is 40.7 Å². The van der Waals surface area contributed by atoms with Gasteiger partial charge in [-0.2, -0.15) is 0 Å². The van der Waals surface area contributed by atoms with Crippen molar-refractivity contribution in [1.82, 2.24) is 0 Å². The van der Waals surface area contributed by atoms with E-state index in [2.05, 4.69) is 35.6 Å². The number of amides is 1. The average molecular weight is 484 g/mol. The fraction of sp³-hybridized carbons (Fsp3) is 0.103. The number of ketones is 1. The Kier molecular flexibility index (Phi) is 6.52. The van der Waals surface area contributed by atoms with Crippen LogP contribution in [-0.2, 0) is 17.6 Å². The van der Waals surface area contributed by atoms with Gasteiger partial charge in [-0.15, -0.1) is 11.8 Å². The molecule has 0 atom stereocenters. The van der Waals surface area contributed by atoms with Crippen molar-refractivity contribution in [2.75, 3.05) is 11.1 Å². The highest BCUT2D eigenvalue weighted by atomic mass is 35.5. The molecule has 4 aromatic carbocycles. The molecule has 0 fully saturated rings. The number of anilines is 1. The highest BCUT2D eigenvalue weighted by molar-refractivity contribution is 8.00. The van der Waals surface area contributed by atoms with E-state index in [-0.39, 0.29) is 18.1 Å². The van der Waals surface area contributed by atoms with Crippen LogP contribution in [-0.4, -0.2) is 17.4 Å². The molecular weight excluding hydrogens is 462 g/mol. The highest BCUT2D eigenvalue weighted by Crippen LogP contribution is 2.37. The van der Waals surface area contributed by atoms with Crippen LogP contribution in [0.25, 0.3) is 11.1 Å². The first-order chi connectivity index (χ1) is 16.5. The molecule has 1 aliphatic rings. The summed E-state index contributed by atoms with van der Waals surface area (Å²) in [6, 6.07) is 29.3. The SMILES string of the molecule is O=C(Cc1ccc(Cl)cc1)Nc1cccc(SCC(=O)c2ccc3c(c2)Cc2ccccc2-3)c1. The van der Waals surface area contributed by atoms with Crippen molar-refractivity contribution in [3.63, 3.8) is 0 Å². The second-order valence-electron chi connectivity index (χ2n) is 8.30. The van der Waals surface area contributed by atoms with E-state index < -0.39 is 0 Å². The van der Waals surface area contributed by atoms with Crippen LogP contribution in [0.15, 0.2) is 95.9 Å². The van der Waals surface area contributed by atoms with E-state index in [1.54, 1.807) is 12.1 Å². The first kappa shape index (κ1) is 22.5. The molecule has 0 bridgehead atoms. The standard InChI is InChI=1S/C29H22ClNO2S/c30-23-11-8-19(9-12-23)14-29(33)31-24-5-3-6-25(17-24)34-18-28(32)21-10-13-27-22(16-21)15-20-4-1-2-7-26(20)27/h1-13,16-17H,14-15,18H2,(H,31,33). The van der Waals surface area contributed by atoms with Gasteiger partial charge >= 0.3 is 0 Å². The van der Waals surface area contributed by atoms with Crippen LogP contribution in [0.2, 0.25) is 5.02 Å². The highest BCUT2D eigenvalue weighted by Gasteiger charge is 2.19. The summed E-state index contributed by atoms with van der Waals surface area (Å²) in [6.45, 7) is 0. The van der Waals surface area contributed by atoms with E-state index in [9.17, 15) is 9.59 Å². The van der Waals surface area contributed by atoms with Gasteiger partial charge in [0, 0.05) is 21.2 Å². The zero-order chi connectivity index (χ0) is 23.5. The molecule has 0 spiro atoms. The minimum absolute atomic E-state index is 0.0975. The van der Waals surface area contributed by atoms with E-state index in [1.807, 2.05) is 48.5 Å². The minimum atomic E-state index is -0.0975. The maximum Gasteiger partial charge on any atom is 0.228 e. The zero-order valence-corrected chi connectivity index (χ0v) is 20.0. The van der Waals surface area contributed by atoms with Gasteiger partial charge in [-0.25, -0.2) is 0 Å².